The molecule has 1 aliphatic carbocycles. The third-order valence-corrected chi connectivity index (χ3v) is 4.61. The van der Waals surface area contributed by atoms with Gasteiger partial charge in [0.2, 0.25) is 5.91 Å². The summed E-state index contributed by atoms with van der Waals surface area (Å²) >= 11 is 0. The Hall–Kier alpha value is -2.05. The number of ether oxygens (including phenoxy) is 1. The monoisotopic (exact) mass is 364 g/mol. The molecule has 2 atom stereocenters. The molecule has 1 aromatic heterocycles. The highest BCUT2D eigenvalue weighted by molar-refractivity contribution is 5.85. The van der Waals surface area contributed by atoms with Gasteiger partial charge in [0.25, 0.3) is 0 Å². The lowest BCUT2D eigenvalue weighted by atomic mass is 10.00. The van der Waals surface area contributed by atoms with E-state index in [1.165, 1.54) is 0 Å². The summed E-state index contributed by atoms with van der Waals surface area (Å²) in [5.41, 5.74) is 7.80. The number of halogens is 1. The Morgan fingerprint density at radius 3 is 2.72 bits per heavy atom. The number of nitrogens with two attached hydrogens (primary N) is 1. The fourth-order valence-electron chi connectivity index (χ4n) is 3.15. The van der Waals surface area contributed by atoms with Crippen molar-refractivity contribution in [3.05, 3.63) is 42.2 Å². The lowest BCUT2D eigenvalue weighted by Gasteiger charge is -2.14. The number of benzene rings is 1. The Kier molecular flexibility index (Phi) is 6.84. The fourth-order valence-corrected chi connectivity index (χ4v) is 3.15. The number of methoxy groups -OCH3 is 1. The van der Waals surface area contributed by atoms with Gasteiger partial charge in [-0.2, -0.15) is 5.10 Å². The molecule has 1 aliphatic rings. The summed E-state index contributed by atoms with van der Waals surface area (Å²) in [6, 6.07) is 9.74. The van der Waals surface area contributed by atoms with Crippen LogP contribution in [0.25, 0.3) is 5.69 Å². The Labute approximate surface area is 154 Å². The molecule has 1 amide bonds. The molecule has 1 fully saturated rings. The Bertz CT molecular complexity index is 687. The first-order valence-corrected chi connectivity index (χ1v) is 8.37. The fraction of sp³-hybridized carbons (Fsp3) is 0.444. The van der Waals surface area contributed by atoms with Crippen molar-refractivity contribution in [1.82, 2.24) is 15.1 Å². The van der Waals surface area contributed by atoms with E-state index < -0.39 is 0 Å². The predicted octanol–water partition coefficient (Wildman–Crippen LogP) is 2.44. The van der Waals surface area contributed by atoms with Crippen LogP contribution in [0.5, 0.6) is 5.75 Å². The SMILES string of the molecule is COc1ccc(-n2ccc(CNC(=O)C[C@@H]3CCC[C@H]3N)n2)cc1.Cl. The van der Waals surface area contributed by atoms with Crippen molar-refractivity contribution < 1.29 is 9.53 Å². The molecule has 1 heterocycles. The molecule has 136 valence electrons. The van der Waals surface area contributed by atoms with E-state index in [9.17, 15) is 4.79 Å². The first-order chi connectivity index (χ1) is 11.7. The summed E-state index contributed by atoms with van der Waals surface area (Å²) < 4.78 is 6.94. The van der Waals surface area contributed by atoms with Crippen molar-refractivity contribution in [2.75, 3.05) is 7.11 Å². The number of hydrogen-bond acceptors (Lipinski definition) is 4. The van der Waals surface area contributed by atoms with E-state index in [1.54, 1.807) is 11.8 Å². The normalized spacial score (nSPS) is 19.3. The third kappa shape index (κ3) is 4.96. The highest BCUT2D eigenvalue weighted by Crippen LogP contribution is 2.26. The second-order valence-corrected chi connectivity index (χ2v) is 6.29. The highest BCUT2D eigenvalue weighted by Gasteiger charge is 2.25. The maximum absolute atomic E-state index is 12.1. The first kappa shape index (κ1) is 19.3. The van der Waals surface area contributed by atoms with Crippen LogP contribution in [-0.2, 0) is 11.3 Å². The van der Waals surface area contributed by atoms with E-state index in [-0.39, 0.29) is 24.4 Å². The topological polar surface area (TPSA) is 82.2 Å². The molecule has 0 aliphatic heterocycles. The van der Waals surface area contributed by atoms with E-state index >= 15 is 0 Å². The van der Waals surface area contributed by atoms with E-state index in [1.807, 2.05) is 36.5 Å². The zero-order valence-electron chi connectivity index (χ0n) is 14.4. The van der Waals surface area contributed by atoms with Crippen molar-refractivity contribution in [1.29, 1.82) is 0 Å². The number of aromatic nitrogens is 2. The molecule has 6 nitrogen and oxygen atoms in total. The number of nitrogens with zero attached hydrogens (tertiary/aromatic N) is 2. The minimum atomic E-state index is 0. The van der Waals surface area contributed by atoms with E-state index in [4.69, 9.17) is 10.5 Å². The van der Waals surface area contributed by atoms with Crippen molar-refractivity contribution >= 4 is 18.3 Å². The van der Waals surface area contributed by atoms with Gasteiger partial charge in [-0.3, -0.25) is 4.79 Å². The van der Waals surface area contributed by atoms with Crippen LogP contribution in [0, 0.1) is 5.92 Å². The van der Waals surface area contributed by atoms with Gasteiger partial charge in [-0.05, 0) is 49.1 Å². The largest absolute Gasteiger partial charge is 0.497 e. The van der Waals surface area contributed by atoms with Gasteiger partial charge < -0.3 is 15.8 Å². The molecule has 1 saturated carbocycles. The standard InChI is InChI=1S/C18H24N4O2.ClH/c1-24-16-7-5-15(6-8-16)22-10-9-14(21-22)12-20-18(23)11-13-3-2-4-17(13)19;/h5-10,13,17H,2-4,11-12,19H2,1H3,(H,20,23);1H/t13-,17+;/m0./s1. The van der Waals surface area contributed by atoms with Crippen molar-refractivity contribution in [2.45, 2.75) is 38.3 Å². The summed E-state index contributed by atoms with van der Waals surface area (Å²) in [4.78, 5) is 12.1. The van der Waals surface area contributed by atoms with Crippen LogP contribution in [0.3, 0.4) is 0 Å². The molecule has 3 rings (SSSR count). The van der Waals surface area contributed by atoms with E-state index in [2.05, 4.69) is 10.4 Å². The van der Waals surface area contributed by atoms with Crippen molar-refractivity contribution in [3.8, 4) is 11.4 Å². The third-order valence-electron chi connectivity index (χ3n) is 4.61. The Morgan fingerprint density at radius 2 is 2.08 bits per heavy atom. The van der Waals surface area contributed by atoms with Gasteiger partial charge >= 0.3 is 0 Å². The van der Waals surface area contributed by atoms with Gasteiger partial charge in [-0.15, -0.1) is 12.4 Å². The summed E-state index contributed by atoms with van der Waals surface area (Å²) in [5, 5.41) is 7.43. The number of nitrogens with one attached hydrogen (secondary N) is 1. The van der Waals surface area contributed by atoms with Crippen LogP contribution >= 0.6 is 12.4 Å². The second-order valence-electron chi connectivity index (χ2n) is 6.29. The van der Waals surface area contributed by atoms with E-state index in [0.29, 0.717) is 18.9 Å². The molecule has 0 saturated heterocycles. The highest BCUT2D eigenvalue weighted by atomic mass is 35.5. The molecule has 7 heteroatoms. The van der Waals surface area contributed by atoms with Crippen LogP contribution < -0.4 is 15.8 Å². The molecule has 3 N–H and O–H groups in total. The maximum Gasteiger partial charge on any atom is 0.220 e. The summed E-state index contributed by atoms with van der Waals surface area (Å²) in [6.45, 7) is 0.434. The molecular weight excluding hydrogens is 340 g/mol. The quantitative estimate of drug-likeness (QED) is 0.824. The second kappa shape index (κ2) is 8.87. The average Bonchev–Trinajstić information content (AvgIpc) is 3.23. The lowest BCUT2D eigenvalue weighted by Crippen LogP contribution is -2.31. The first-order valence-electron chi connectivity index (χ1n) is 8.37. The zero-order chi connectivity index (χ0) is 16.9. The summed E-state index contributed by atoms with van der Waals surface area (Å²) in [6.07, 6.45) is 5.62. The van der Waals surface area contributed by atoms with Crippen molar-refractivity contribution in [3.63, 3.8) is 0 Å². The van der Waals surface area contributed by atoms with Gasteiger partial charge in [0.1, 0.15) is 5.75 Å². The van der Waals surface area contributed by atoms with Crippen LogP contribution in [0.15, 0.2) is 36.5 Å². The molecular formula is C18H25ClN4O2. The molecule has 0 radical (unpaired) electrons. The molecule has 2 aromatic rings. The van der Waals surface area contributed by atoms with Gasteiger partial charge in [-0.1, -0.05) is 6.42 Å². The number of amides is 1. The number of carbonyl (C=O) groups excluding carboxylic acids is 1. The zero-order valence-corrected chi connectivity index (χ0v) is 15.2. The van der Waals surface area contributed by atoms with Crippen molar-refractivity contribution in [2.24, 2.45) is 11.7 Å². The van der Waals surface area contributed by atoms with Gasteiger partial charge in [-0.25, -0.2) is 4.68 Å². The smallest absolute Gasteiger partial charge is 0.220 e. The van der Waals surface area contributed by atoms with Crippen LogP contribution in [-0.4, -0.2) is 28.8 Å². The summed E-state index contributed by atoms with van der Waals surface area (Å²) in [5.74, 6) is 1.18. The van der Waals surface area contributed by atoms with Crippen LogP contribution in [0.1, 0.15) is 31.4 Å². The van der Waals surface area contributed by atoms with Gasteiger partial charge in [0.15, 0.2) is 0 Å². The maximum atomic E-state index is 12.1. The van der Waals surface area contributed by atoms with Crippen LogP contribution in [0.2, 0.25) is 0 Å². The van der Waals surface area contributed by atoms with E-state index in [0.717, 1.165) is 36.4 Å². The number of rotatable bonds is 6. The molecule has 1 aromatic carbocycles. The predicted molar refractivity (Wildman–Crippen MR) is 99.1 cm³/mol. The minimum absolute atomic E-state index is 0. The van der Waals surface area contributed by atoms with Gasteiger partial charge in [0, 0.05) is 18.7 Å². The molecule has 0 unspecified atom stereocenters. The number of carbonyl (C=O) groups is 1. The Balaban J connectivity index is 0.00000225. The number of hydrogen-bond donors (Lipinski definition) is 2. The molecule has 25 heavy (non-hydrogen) atoms. The average molecular weight is 365 g/mol. The van der Waals surface area contributed by atoms with Gasteiger partial charge in [0.05, 0.1) is 25.0 Å². The lowest BCUT2D eigenvalue weighted by molar-refractivity contribution is -0.122. The van der Waals surface area contributed by atoms with Crippen LogP contribution in [0.4, 0.5) is 0 Å². The summed E-state index contributed by atoms with van der Waals surface area (Å²) in [7, 11) is 1.64. The Morgan fingerprint density at radius 1 is 1.32 bits per heavy atom. The molecule has 0 spiro atoms. The minimum Gasteiger partial charge on any atom is -0.497 e. The molecule has 0 bridgehead atoms.